The molecular formula is C27H19ClN4O7. The molecule has 0 radical (unpaired) electrons. The van der Waals surface area contributed by atoms with Crippen LogP contribution in [0.2, 0.25) is 5.02 Å². The summed E-state index contributed by atoms with van der Waals surface area (Å²) in [5.41, 5.74) is 0.0538. The zero-order valence-electron chi connectivity index (χ0n) is 20.5. The summed E-state index contributed by atoms with van der Waals surface area (Å²) in [6, 6.07) is 18.2. The van der Waals surface area contributed by atoms with Gasteiger partial charge in [0.1, 0.15) is 5.58 Å². The molecule has 5 rings (SSSR count). The van der Waals surface area contributed by atoms with Gasteiger partial charge < -0.3 is 13.9 Å². The van der Waals surface area contributed by atoms with E-state index < -0.39 is 28.2 Å². The summed E-state index contributed by atoms with van der Waals surface area (Å²) >= 11 is 6.15. The van der Waals surface area contributed by atoms with Gasteiger partial charge in [0.15, 0.2) is 11.9 Å². The fraction of sp³-hybridized carbons (Fsp3) is 0.111. The number of aromatic nitrogens is 2. The van der Waals surface area contributed by atoms with E-state index in [1.165, 1.54) is 26.3 Å². The van der Waals surface area contributed by atoms with Crippen LogP contribution in [-0.4, -0.2) is 40.0 Å². The molecule has 0 aliphatic carbocycles. The van der Waals surface area contributed by atoms with Crippen molar-refractivity contribution >= 4 is 51.3 Å². The number of carbonyl (C=O) groups excluding carboxylic acids is 1. The molecule has 196 valence electrons. The Morgan fingerprint density at radius 1 is 1.18 bits per heavy atom. The molecule has 0 saturated heterocycles. The predicted octanol–water partition coefficient (Wildman–Crippen LogP) is 5.19. The van der Waals surface area contributed by atoms with Gasteiger partial charge in [-0.05, 0) is 37.3 Å². The average Bonchev–Trinajstić information content (AvgIpc) is 3.37. The van der Waals surface area contributed by atoms with Crippen LogP contribution in [-0.2, 0) is 9.53 Å². The topological polar surface area (TPSA) is 139 Å². The van der Waals surface area contributed by atoms with Crippen LogP contribution in [0.4, 0.5) is 5.69 Å². The number of ether oxygens (including phenoxy) is 2. The van der Waals surface area contributed by atoms with Gasteiger partial charge in [0.25, 0.3) is 5.56 Å². The third-order valence-electron chi connectivity index (χ3n) is 5.80. The van der Waals surface area contributed by atoms with Gasteiger partial charge in [-0.15, -0.1) is 0 Å². The molecule has 12 heteroatoms. The lowest BCUT2D eigenvalue weighted by molar-refractivity contribution is -0.386. The monoisotopic (exact) mass is 546 g/mol. The molecule has 5 aromatic rings. The lowest BCUT2D eigenvalue weighted by atomic mass is 10.2. The van der Waals surface area contributed by atoms with Crippen molar-refractivity contribution in [1.82, 2.24) is 9.66 Å². The molecule has 0 fully saturated rings. The normalized spacial score (nSPS) is 12.2. The van der Waals surface area contributed by atoms with Gasteiger partial charge >= 0.3 is 11.7 Å². The maximum Gasteiger partial charge on any atom is 0.346 e. The van der Waals surface area contributed by atoms with Crippen LogP contribution in [0.3, 0.4) is 0 Å². The van der Waals surface area contributed by atoms with E-state index in [-0.39, 0.29) is 27.9 Å². The molecule has 0 aliphatic heterocycles. The highest BCUT2D eigenvalue weighted by atomic mass is 35.5. The number of nitro benzene ring substituents is 1. The summed E-state index contributed by atoms with van der Waals surface area (Å²) < 4.78 is 17.2. The zero-order valence-corrected chi connectivity index (χ0v) is 21.3. The molecule has 39 heavy (non-hydrogen) atoms. The van der Waals surface area contributed by atoms with E-state index >= 15 is 0 Å². The first-order valence-electron chi connectivity index (χ1n) is 11.5. The van der Waals surface area contributed by atoms with Crippen LogP contribution in [0.15, 0.2) is 81.0 Å². The van der Waals surface area contributed by atoms with Crippen molar-refractivity contribution in [2.24, 2.45) is 5.10 Å². The van der Waals surface area contributed by atoms with Crippen molar-refractivity contribution < 1.29 is 23.6 Å². The summed E-state index contributed by atoms with van der Waals surface area (Å²) in [6.07, 6.45) is -0.0134. The summed E-state index contributed by atoms with van der Waals surface area (Å²) in [6.45, 7) is 1.38. The van der Waals surface area contributed by atoms with E-state index in [4.69, 9.17) is 20.8 Å². The van der Waals surface area contributed by atoms with Crippen molar-refractivity contribution in [3.05, 3.63) is 97.8 Å². The van der Waals surface area contributed by atoms with Gasteiger partial charge in [0, 0.05) is 22.0 Å². The third kappa shape index (κ3) is 4.94. The molecule has 2 heterocycles. The minimum atomic E-state index is -1.18. The van der Waals surface area contributed by atoms with Crippen molar-refractivity contribution in [1.29, 1.82) is 0 Å². The van der Waals surface area contributed by atoms with Gasteiger partial charge in [-0.3, -0.25) is 14.9 Å². The number of esters is 1. The largest absolute Gasteiger partial charge is 0.471 e. The molecule has 0 saturated carbocycles. The summed E-state index contributed by atoms with van der Waals surface area (Å²) in [4.78, 5) is 41.2. The number of benzene rings is 3. The fourth-order valence-corrected chi connectivity index (χ4v) is 4.17. The molecule has 0 unspecified atom stereocenters. The van der Waals surface area contributed by atoms with E-state index in [1.54, 1.807) is 36.4 Å². The van der Waals surface area contributed by atoms with E-state index in [9.17, 15) is 19.7 Å². The number of rotatable bonds is 7. The van der Waals surface area contributed by atoms with Crippen LogP contribution in [0.1, 0.15) is 12.5 Å². The smallest absolute Gasteiger partial charge is 0.346 e. The number of methoxy groups -OCH3 is 1. The molecule has 0 N–H and O–H groups in total. The molecule has 11 nitrogen and oxygen atoms in total. The van der Waals surface area contributed by atoms with E-state index in [0.29, 0.717) is 16.5 Å². The minimum Gasteiger partial charge on any atom is -0.471 e. The molecule has 2 aromatic heterocycles. The number of nitrogens with zero attached hydrogens (tertiary/aromatic N) is 4. The molecule has 0 amide bonds. The van der Waals surface area contributed by atoms with Crippen LogP contribution in [0, 0.1) is 10.1 Å². The average molecular weight is 547 g/mol. The Morgan fingerprint density at radius 2 is 1.92 bits per heavy atom. The number of hydrogen-bond donors (Lipinski definition) is 0. The van der Waals surface area contributed by atoms with Crippen LogP contribution < -0.4 is 10.3 Å². The first-order valence-corrected chi connectivity index (χ1v) is 11.9. The molecule has 3 aromatic carbocycles. The second-order valence-corrected chi connectivity index (χ2v) is 8.78. The van der Waals surface area contributed by atoms with E-state index in [0.717, 1.165) is 16.1 Å². The van der Waals surface area contributed by atoms with Gasteiger partial charge in [-0.25, -0.2) is 9.78 Å². The van der Waals surface area contributed by atoms with Crippen molar-refractivity contribution in [3.63, 3.8) is 0 Å². The van der Waals surface area contributed by atoms with E-state index in [1.807, 2.05) is 18.2 Å². The Morgan fingerprint density at radius 3 is 2.67 bits per heavy atom. The Labute approximate surface area is 225 Å². The highest BCUT2D eigenvalue weighted by molar-refractivity contribution is 6.31. The minimum absolute atomic E-state index is 0.0164. The molecule has 0 aliphatic rings. The fourth-order valence-electron chi connectivity index (χ4n) is 3.95. The number of carbonyl (C=O) groups is 1. The number of hydrogen-bond acceptors (Lipinski definition) is 9. The second-order valence-electron chi connectivity index (χ2n) is 8.35. The first kappa shape index (κ1) is 25.6. The van der Waals surface area contributed by atoms with Crippen LogP contribution in [0.25, 0.3) is 33.5 Å². The Bertz CT molecular complexity index is 1810. The lowest BCUT2D eigenvalue weighted by Crippen LogP contribution is -2.26. The summed E-state index contributed by atoms with van der Waals surface area (Å²) in [5, 5.41) is 17.2. The Balaban J connectivity index is 1.71. The Kier molecular flexibility index (Phi) is 6.82. The highest BCUT2D eigenvalue weighted by Gasteiger charge is 2.26. The first-order chi connectivity index (χ1) is 18.8. The maximum atomic E-state index is 13.5. The highest BCUT2D eigenvalue weighted by Crippen LogP contribution is 2.35. The summed E-state index contributed by atoms with van der Waals surface area (Å²) in [7, 11) is 1.17. The van der Waals surface area contributed by atoms with Crippen LogP contribution in [0.5, 0.6) is 5.75 Å². The predicted molar refractivity (Wildman–Crippen MR) is 144 cm³/mol. The number of furan rings is 1. The Hall–Kier alpha value is -5.03. The third-order valence-corrected chi connectivity index (χ3v) is 6.02. The van der Waals surface area contributed by atoms with Gasteiger partial charge in [-0.1, -0.05) is 41.9 Å². The standard InChI is InChI=1S/C27H19ClN4O7/c1-15(27(34)37-2)38-24-17(11-18(28)13-21(24)32(35)36)14-29-31-25(23-12-16-7-3-6-10-22(16)39-23)30-20-9-5-4-8-19(20)26(31)33/h3-15H,1-2H3/t15-/m1/s1. The molecule has 0 bridgehead atoms. The number of fused-ring (bicyclic) bond motifs is 2. The molecule has 0 spiro atoms. The zero-order chi connectivity index (χ0) is 27.7. The lowest BCUT2D eigenvalue weighted by Gasteiger charge is -2.15. The van der Waals surface area contributed by atoms with E-state index in [2.05, 4.69) is 14.8 Å². The van der Waals surface area contributed by atoms with Crippen LogP contribution >= 0.6 is 11.6 Å². The van der Waals surface area contributed by atoms with Crippen molar-refractivity contribution in [2.75, 3.05) is 7.11 Å². The van der Waals surface area contributed by atoms with Crippen molar-refractivity contribution in [3.8, 4) is 17.3 Å². The number of para-hydroxylation sites is 2. The number of nitro groups is 1. The SMILES string of the molecule is COC(=O)[C@@H](C)Oc1c(C=Nn2c(-c3cc4ccccc4o3)nc3ccccc3c2=O)cc(Cl)cc1[N+](=O)[O-]. The summed E-state index contributed by atoms with van der Waals surface area (Å²) in [5.74, 6) is -0.639. The molecular weight excluding hydrogens is 528 g/mol. The van der Waals surface area contributed by atoms with Gasteiger partial charge in [0.2, 0.25) is 11.6 Å². The quantitative estimate of drug-likeness (QED) is 0.117. The maximum absolute atomic E-state index is 13.5. The van der Waals surface area contributed by atoms with Gasteiger partial charge in [-0.2, -0.15) is 9.78 Å². The number of halogens is 1. The molecule has 1 atom stereocenters. The van der Waals surface area contributed by atoms with Crippen molar-refractivity contribution in [2.45, 2.75) is 13.0 Å². The second kappa shape index (κ2) is 10.4. The van der Waals surface area contributed by atoms with Gasteiger partial charge in [0.05, 0.1) is 29.2 Å².